The summed E-state index contributed by atoms with van der Waals surface area (Å²) in [5.74, 6) is -1.49. The van der Waals surface area contributed by atoms with Crippen molar-refractivity contribution in [1.82, 2.24) is 24.6 Å². The first-order valence-electron chi connectivity index (χ1n) is 10.8. The van der Waals surface area contributed by atoms with Crippen LogP contribution < -0.4 is 0 Å². The van der Waals surface area contributed by atoms with Crippen molar-refractivity contribution in [2.45, 2.75) is 38.1 Å². The van der Waals surface area contributed by atoms with Gasteiger partial charge in [0.2, 0.25) is 0 Å². The second-order valence-electron chi connectivity index (χ2n) is 8.44. The largest absolute Gasteiger partial charge is 0.381 e. The van der Waals surface area contributed by atoms with Crippen molar-refractivity contribution < 1.29 is 13.9 Å². The first-order valence-corrected chi connectivity index (χ1v) is 12.0. The second kappa shape index (κ2) is 9.14. The van der Waals surface area contributed by atoms with Gasteiger partial charge in [0.05, 0.1) is 12.2 Å². The summed E-state index contributed by atoms with van der Waals surface area (Å²) in [6.45, 7) is 3.01. The molecule has 0 amide bonds. The molecule has 0 spiro atoms. The van der Waals surface area contributed by atoms with Crippen molar-refractivity contribution in [2.24, 2.45) is 0 Å². The van der Waals surface area contributed by atoms with Crippen LogP contribution in [0.1, 0.15) is 23.1 Å². The van der Waals surface area contributed by atoms with E-state index in [0.29, 0.717) is 24.5 Å². The predicted octanol–water partition coefficient (Wildman–Crippen LogP) is 4.67. The first kappa shape index (κ1) is 23.0. The summed E-state index contributed by atoms with van der Waals surface area (Å²) in [5, 5.41) is 17.5. The SMILES string of the molecule is C[C@@H](N1CCc2nc(-c3cccc(Cl)c3)sc2C1)[C@](O)(Cn1cncn1)c1ccc(F)cc1F. The van der Waals surface area contributed by atoms with E-state index in [4.69, 9.17) is 16.6 Å². The summed E-state index contributed by atoms with van der Waals surface area (Å²) < 4.78 is 30.0. The molecule has 2 aromatic heterocycles. The van der Waals surface area contributed by atoms with Gasteiger partial charge >= 0.3 is 0 Å². The molecule has 0 saturated carbocycles. The zero-order chi connectivity index (χ0) is 23.9. The Morgan fingerprint density at radius 3 is 2.82 bits per heavy atom. The van der Waals surface area contributed by atoms with E-state index in [0.717, 1.165) is 33.3 Å². The van der Waals surface area contributed by atoms with Crippen LogP contribution in [0.25, 0.3) is 10.6 Å². The minimum atomic E-state index is -1.68. The van der Waals surface area contributed by atoms with Gasteiger partial charge in [0.15, 0.2) is 0 Å². The molecule has 0 radical (unpaired) electrons. The van der Waals surface area contributed by atoms with Crippen LogP contribution in [0, 0.1) is 11.6 Å². The Morgan fingerprint density at radius 2 is 2.09 bits per heavy atom. The average Bonchev–Trinajstić information content (AvgIpc) is 3.47. The molecular weight excluding hydrogens is 480 g/mol. The second-order valence-corrected chi connectivity index (χ2v) is 9.96. The van der Waals surface area contributed by atoms with Crippen molar-refractivity contribution in [3.8, 4) is 10.6 Å². The average molecular weight is 502 g/mol. The van der Waals surface area contributed by atoms with Gasteiger partial charge in [-0.2, -0.15) is 5.10 Å². The third-order valence-electron chi connectivity index (χ3n) is 6.34. The fourth-order valence-corrected chi connectivity index (χ4v) is 5.76. The van der Waals surface area contributed by atoms with Gasteiger partial charge < -0.3 is 5.11 Å². The van der Waals surface area contributed by atoms with E-state index in [-0.39, 0.29) is 12.1 Å². The van der Waals surface area contributed by atoms with E-state index in [1.807, 2.05) is 31.2 Å². The molecule has 2 atom stereocenters. The Bertz CT molecular complexity index is 1310. The molecule has 6 nitrogen and oxygen atoms in total. The highest BCUT2D eigenvalue weighted by Crippen LogP contribution is 2.37. The van der Waals surface area contributed by atoms with Gasteiger partial charge in [-0.05, 0) is 25.1 Å². The Morgan fingerprint density at radius 1 is 1.24 bits per heavy atom. The van der Waals surface area contributed by atoms with Crippen molar-refractivity contribution >= 4 is 22.9 Å². The smallest absolute Gasteiger partial charge is 0.137 e. The van der Waals surface area contributed by atoms with Crippen molar-refractivity contribution in [2.75, 3.05) is 6.54 Å². The van der Waals surface area contributed by atoms with Gasteiger partial charge in [-0.1, -0.05) is 29.8 Å². The number of rotatable bonds is 6. The highest BCUT2D eigenvalue weighted by molar-refractivity contribution is 7.15. The number of benzene rings is 2. The lowest BCUT2D eigenvalue weighted by Crippen LogP contribution is -2.53. The standard InChI is InChI=1S/C24H22ClF2N5OS/c1-15(24(33,12-32-14-28-13-29-32)19-6-5-18(26)10-20(19)27)31-8-7-21-22(11-31)34-23(30-21)16-3-2-4-17(25)9-16/h2-6,9-10,13-15,33H,7-8,11-12H2,1H3/t15-,24-/m1/s1. The highest BCUT2D eigenvalue weighted by Gasteiger charge is 2.43. The number of halogens is 3. The number of thiazole rings is 1. The fraction of sp³-hybridized carbons (Fsp3) is 0.292. The van der Waals surface area contributed by atoms with Gasteiger partial charge in [0.25, 0.3) is 0 Å². The molecule has 10 heteroatoms. The maximum Gasteiger partial charge on any atom is 0.137 e. The Kier molecular flexibility index (Phi) is 6.20. The van der Waals surface area contributed by atoms with E-state index in [1.54, 1.807) is 11.3 Å². The van der Waals surface area contributed by atoms with Crippen LogP contribution in [-0.2, 0) is 25.1 Å². The molecule has 0 aliphatic carbocycles. The first-order chi connectivity index (χ1) is 16.3. The molecule has 2 aromatic carbocycles. The van der Waals surface area contributed by atoms with E-state index >= 15 is 0 Å². The summed E-state index contributed by atoms with van der Waals surface area (Å²) >= 11 is 7.74. The van der Waals surface area contributed by atoms with Crippen LogP contribution in [0.15, 0.2) is 55.1 Å². The van der Waals surface area contributed by atoms with Crippen LogP contribution in [0.5, 0.6) is 0 Å². The number of hydrogen-bond acceptors (Lipinski definition) is 6. The monoisotopic (exact) mass is 501 g/mol. The summed E-state index contributed by atoms with van der Waals surface area (Å²) in [6, 6.07) is 10.3. The molecule has 5 rings (SSSR count). The van der Waals surface area contributed by atoms with E-state index in [9.17, 15) is 13.9 Å². The predicted molar refractivity (Wildman–Crippen MR) is 126 cm³/mol. The molecule has 0 unspecified atom stereocenters. The van der Waals surface area contributed by atoms with E-state index in [1.165, 1.54) is 23.4 Å². The quantitative estimate of drug-likeness (QED) is 0.416. The number of aliphatic hydroxyl groups is 1. The van der Waals surface area contributed by atoms with Crippen molar-refractivity contribution in [3.63, 3.8) is 0 Å². The van der Waals surface area contributed by atoms with Gasteiger partial charge in [0.1, 0.15) is 34.9 Å². The summed E-state index contributed by atoms with van der Waals surface area (Å²) in [7, 11) is 0. The van der Waals surface area contributed by atoms with Crippen LogP contribution in [0.4, 0.5) is 8.78 Å². The highest BCUT2D eigenvalue weighted by atomic mass is 35.5. The third kappa shape index (κ3) is 4.36. The molecule has 176 valence electrons. The number of aromatic nitrogens is 4. The summed E-state index contributed by atoms with van der Waals surface area (Å²) in [5.41, 5.74) is 0.328. The Labute approximate surface area is 204 Å². The van der Waals surface area contributed by atoms with Gasteiger partial charge in [0, 0.05) is 52.6 Å². The molecule has 1 aliphatic rings. The molecule has 0 fully saturated rings. The van der Waals surface area contributed by atoms with E-state index in [2.05, 4.69) is 15.0 Å². The molecule has 0 bridgehead atoms. The summed E-state index contributed by atoms with van der Waals surface area (Å²) in [4.78, 5) is 11.9. The van der Waals surface area contributed by atoms with Gasteiger partial charge in [-0.3, -0.25) is 4.90 Å². The third-order valence-corrected chi connectivity index (χ3v) is 7.70. The minimum Gasteiger partial charge on any atom is -0.381 e. The topological polar surface area (TPSA) is 67.1 Å². The summed E-state index contributed by atoms with van der Waals surface area (Å²) in [6.07, 6.45) is 3.52. The molecule has 0 saturated heterocycles. The number of hydrogen-bond donors (Lipinski definition) is 1. The molecule has 4 aromatic rings. The lowest BCUT2D eigenvalue weighted by Gasteiger charge is -2.42. The molecule has 3 heterocycles. The molecular formula is C24H22ClF2N5OS. The van der Waals surface area contributed by atoms with Crippen molar-refractivity contribution in [3.05, 3.63) is 87.9 Å². The van der Waals surface area contributed by atoms with E-state index < -0.39 is 23.3 Å². The maximum atomic E-state index is 14.9. The van der Waals surface area contributed by atoms with Crippen LogP contribution in [0.2, 0.25) is 5.02 Å². The van der Waals surface area contributed by atoms with Crippen LogP contribution >= 0.6 is 22.9 Å². The maximum absolute atomic E-state index is 14.9. The Hall–Kier alpha value is -2.72. The van der Waals surface area contributed by atoms with Crippen molar-refractivity contribution in [1.29, 1.82) is 0 Å². The number of nitrogens with zero attached hydrogens (tertiary/aromatic N) is 5. The lowest BCUT2D eigenvalue weighted by atomic mass is 9.85. The fourth-order valence-electron chi connectivity index (χ4n) is 4.44. The normalized spacial score (nSPS) is 16.7. The van der Waals surface area contributed by atoms with Crippen LogP contribution in [0.3, 0.4) is 0 Å². The minimum absolute atomic E-state index is 0.0200. The zero-order valence-corrected chi connectivity index (χ0v) is 19.9. The van der Waals surface area contributed by atoms with Crippen LogP contribution in [-0.4, -0.2) is 42.3 Å². The zero-order valence-electron chi connectivity index (χ0n) is 18.3. The number of fused-ring (bicyclic) bond motifs is 1. The molecule has 1 N–H and O–H groups in total. The lowest BCUT2D eigenvalue weighted by molar-refractivity contribution is -0.0675. The van der Waals surface area contributed by atoms with Gasteiger partial charge in [-0.15, -0.1) is 11.3 Å². The molecule has 1 aliphatic heterocycles. The van der Waals surface area contributed by atoms with Gasteiger partial charge in [-0.25, -0.2) is 23.4 Å². The Balaban J connectivity index is 1.46. The molecule has 34 heavy (non-hydrogen) atoms.